The smallest absolute Gasteiger partial charge is 0.228 e. The molecular weight excluding hydrogens is 323 g/mol. The largest absolute Gasteiger partial charge is 0.339 e. The van der Waals surface area contributed by atoms with E-state index >= 15 is 0 Å². The van der Waals surface area contributed by atoms with Crippen LogP contribution in [0.4, 0.5) is 10.3 Å². The molecule has 0 radical (unpaired) electrons. The topological polar surface area (TPSA) is 66.6 Å². The molecule has 7 nitrogen and oxygen atoms in total. The molecule has 128 valence electrons. The van der Waals surface area contributed by atoms with E-state index in [9.17, 15) is 9.18 Å². The Kier molecular flexibility index (Phi) is 4.01. The molecule has 0 aromatic carbocycles. The van der Waals surface area contributed by atoms with Crippen LogP contribution in [-0.4, -0.2) is 56.3 Å². The molecule has 4 rings (SSSR count). The van der Waals surface area contributed by atoms with E-state index in [4.69, 9.17) is 0 Å². The predicted octanol–water partition coefficient (Wildman–Crippen LogP) is 1.15. The number of hydrogen-bond acceptors (Lipinski definition) is 5. The molecule has 1 fully saturated rings. The lowest BCUT2D eigenvalue weighted by molar-refractivity contribution is -0.130. The van der Waals surface area contributed by atoms with Crippen LogP contribution in [0.3, 0.4) is 0 Å². The minimum Gasteiger partial charge on any atom is -0.339 e. The summed E-state index contributed by atoms with van der Waals surface area (Å²) in [6.45, 7) is 2.65. The third-order valence-electron chi connectivity index (χ3n) is 4.26. The third kappa shape index (κ3) is 3.28. The zero-order valence-corrected chi connectivity index (χ0v) is 13.5. The maximum atomic E-state index is 13.2. The van der Waals surface area contributed by atoms with Gasteiger partial charge >= 0.3 is 0 Å². The molecule has 0 spiro atoms. The summed E-state index contributed by atoms with van der Waals surface area (Å²) in [7, 11) is 0. The highest BCUT2D eigenvalue weighted by atomic mass is 19.1. The van der Waals surface area contributed by atoms with E-state index in [-0.39, 0.29) is 18.1 Å². The van der Waals surface area contributed by atoms with Crippen molar-refractivity contribution in [3.63, 3.8) is 0 Å². The molecule has 0 saturated carbocycles. The Morgan fingerprint density at radius 1 is 1.08 bits per heavy atom. The molecule has 1 saturated heterocycles. The van der Waals surface area contributed by atoms with Crippen LogP contribution in [0.25, 0.3) is 5.65 Å². The molecule has 1 amide bonds. The zero-order valence-electron chi connectivity index (χ0n) is 13.5. The average molecular weight is 340 g/mol. The number of hydrogen-bond donors (Lipinski definition) is 0. The van der Waals surface area contributed by atoms with E-state index in [0.717, 1.165) is 0 Å². The number of pyridine rings is 1. The summed E-state index contributed by atoms with van der Waals surface area (Å²) in [4.78, 5) is 29.2. The second-order valence-corrected chi connectivity index (χ2v) is 5.94. The van der Waals surface area contributed by atoms with Gasteiger partial charge in [0.05, 0.1) is 12.1 Å². The number of anilines is 1. The molecule has 0 bridgehead atoms. The molecular formula is C17H17FN6O. The van der Waals surface area contributed by atoms with Crippen LogP contribution in [0.1, 0.15) is 5.69 Å². The van der Waals surface area contributed by atoms with Crippen molar-refractivity contribution in [1.29, 1.82) is 0 Å². The van der Waals surface area contributed by atoms with Crippen molar-refractivity contribution >= 4 is 17.5 Å². The first-order chi connectivity index (χ1) is 12.2. The van der Waals surface area contributed by atoms with Crippen molar-refractivity contribution in [2.75, 3.05) is 31.1 Å². The fraction of sp³-hybridized carbons (Fsp3) is 0.294. The van der Waals surface area contributed by atoms with E-state index in [1.165, 1.54) is 12.3 Å². The average Bonchev–Trinajstić information content (AvgIpc) is 3.04. The first-order valence-electron chi connectivity index (χ1n) is 8.12. The van der Waals surface area contributed by atoms with Crippen LogP contribution >= 0.6 is 0 Å². The molecule has 0 unspecified atom stereocenters. The van der Waals surface area contributed by atoms with Gasteiger partial charge in [-0.05, 0) is 18.2 Å². The highest BCUT2D eigenvalue weighted by Crippen LogP contribution is 2.12. The molecule has 25 heavy (non-hydrogen) atoms. The number of nitrogens with zero attached hydrogens (tertiary/aromatic N) is 6. The van der Waals surface area contributed by atoms with Crippen molar-refractivity contribution < 1.29 is 9.18 Å². The van der Waals surface area contributed by atoms with Gasteiger partial charge in [0.2, 0.25) is 11.9 Å². The third-order valence-corrected chi connectivity index (χ3v) is 4.26. The van der Waals surface area contributed by atoms with Crippen LogP contribution in [0.15, 0.2) is 43.0 Å². The van der Waals surface area contributed by atoms with E-state index in [2.05, 4.69) is 19.9 Å². The molecule has 8 heteroatoms. The SMILES string of the molecule is O=C(Cc1cn2cc(F)ccc2n1)N1CCN(c2ncccn2)CC1. The molecule has 0 aliphatic carbocycles. The number of carbonyl (C=O) groups excluding carboxylic acids is 1. The first kappa shape index (κ1) is 15.5. The van der Waals surface area contributed by atoms with Gasteiger partial charge in [-0.2, -0.15) is 0 Å². The summed E-state index contributed by atoms with van der Waals surface area (Å²) in [6.07, 6.45) is 6.70. The Bertz CT molecular complexity index is 889. The van der Waals surface area contributed by atoms with Crippen LogP contribution < -0.4 is 4.90 Å². The zero-order chi connectivity index (χ0) is 17.2. The van der Waals surface area contributed by atoms with Gasteiger partial charge in [-0.15, -0.1) is 0 Å². The molecule has 0 atom stereocenters. The van der Waals surface area contributed by atoms with Crippen LogP contribution in [0.2, 0.25) is 0 Å². The summed E-state index contributed by atoms with van der Waals surface area (Å²) in [5.74, 6) is 0.386. The van der Waals surface area contributed by atoms with Gasteiger partial charge in [0.25, 0.3) is 0 Å². The van der Waals surface area contributed by atoms with Gasteiger partial charge in [0, 0.05) is 51.0 Å². The summed E-state index contributed by atoms with van der Waals surface area (Å²) in [6, 6.07) is 4.74. The number of amides is 1. The van der Waals surface area contributed by atoms with Crippen molar-refractivity contribution in [1.82, 2.24) is 24.3 Å². The molecule has 3 aromatic rings. The maximum Gasteiger partial charge on any atom is 0.228 e. The highest BCUT2D eigenvalue weighted by Gasteiger charge is 2.23. The van der Waals surface area contributed by atoms with E-state index in [0.29, 0.717) is 43.5 Å². The maximum absolute atomic E-state index is 13.2. The lowest BCUT2D eigenvalue weighted by Gasteiger charge is -2.34. The minimum atomic E-state index is -0.331. The number of rotatable bonds is 3. The summed E-state index contributed by atoms with van der Waals surface area (Å²) in [5.41, 5.74) is 1.28. The van der Waals surface area contributed by atoms with Crippen molar-refractivity contribution in [3.05, 3.63) is 54.5 Å². The fourth-order valence-corrected chi connectivity index (χ4v) is 2.98. The number of imidazole rings is 1. The Morgan fingerprint density at radius 3 is 2.60 bits per heavy atom. The Balaban J connectivity index is 1.38. The Labute approximate surface area is 143 Å². The Morgan fingerprint density at radius 2 is 1.84 bits per heavy atom. The van der Waals surface area contributed by atoms with Gasteiger partial charge in [-0.1, -0.05) is 0 Å². The molecule has 3 aromatic heterocycles. The van der Waals surface area contributed by atoms with E-state index in [1.54, 1.807) is 35.1 Å². The fourth-order valence-electron chi connectivity index (χ4n) is 2.98. The highest BCUT2D eigenvalue weighted by molar-refractivity contribution is 5.78. The van der Waals surface area contributed by atoms with Crippen molar-refractivity contribution in [2.24, 2.45) is 0 Å². The van der Waals surface area contributed by atoms with Gasteiger partial charge in [0.1, 0.15) is 11.5 Å². The lowest BCUT2D eigenvalue weighted by Crippen LogP contribution is -2.49. The summed E-state index contributed by atoms with van der Waals surface area (Å²) in [5, 5.41) is 0. The number of piperazine rings is 1. The first-order valence-corrected chi connectivity index (χ1v) is 8.12. The quantitative estimate of drug-likeness (QED) is 0.716. The minimum absolute atomic E-state index is 0.0255. The van der Waals surface area contributed by atoms with Gasteiger partial charge in [0.15, 0.2) is 0 Å². The second kappa shape index (κ2) is 6.46. The molecule has 0 N–H and O–H groups in total. The summed E-state index contributed by atoms with van der Waals surface area (Å²) >= 11 is 0. The summed E-state index contributed by atoms with van der Waals surface area (Å²) < 4.78 is 14.8. The molecule has 1 aliphatic rings. The van der Waals surface area contributed by atoms with Gasteiger partial charge in [-0.3, -0.25) is 4.79 Å². The van der Waals surface area contributed by atoms with Gasteiger partial charge in [-0.25, -0.2) is 19.3 Å². The number of aromatic nitrogens is 4. The van der Waals surface area contributed by atoms with Crippen LogP contribution in [-0.2, 0) is 11.2 Å². The van der Waals surface area contributed by atoms with E-state index < -0.39 is 0 Å². The van der Waals surface area contributed by atoms with Crippen LogP contribution in [0.5, 0.6) is 0 Å². The lowest BCUT2D eigenvalue weighted by atomic mass is 10.2. The Hall–Kier alpha value is -3.03. The van der Waals surface area contributed by atoms with Crippen molar-refractivity contribution in [2.45, 2.75) is 6.42 Å². The van der Waals surface area contributed by atoms with E-state index in [1.807, 2.05) is 4.90 Å². The standard InChI is InChI=1S/C17H17FN6O/c18-13-2-3-15-21-14(12-24(15)11-13)10-16(25)22-6-8-23(9-7-22)17-19-4-1-5-20-17/h1-5,11-12H,6-10H2. The van der Waals surface area contributed by atoms with Crippen LogP contribution in [0, 0.1) is 5.82 Å². The number of fused-ring (bicyclic) bond motifs is 1. The predicted molar refractivity (Wildman–Crippen MR) is 89.7 cm³/mol. The van der Waals surface area contributed by atoms with Crippen molar-refractivity contribution in [3.8, 4) is 0 Å². The molecule has 1 aliphatic heterocycles. The molecule has 4 heterocycles. The normalized spacial score (nSPS) is 14.9. The number of halogens is 1. The number of carbonyl (C=O) groups is 1. The van der Waals surface area contributed by atoms with Gasteiger partial charge < -0.3 is 14.2 Å². The monoisotopic (exact) mass is 340 g/mol. The second-order valence-electron chi connectivity index (χ2n) is 5.94.